The summed E-state index contributed by atoms with van der Waals surface area (Å²) in [6, 6.07) is 18.8. The number of nitrogens with one attached hydrogen (secondary N) is 2. The van der Waals surface area contributed by atoms with Gasteiger partial charge in [-0.1, -0.05) is 57.4 Å². The van der Waals surface area contributed by atoms with Crippen LogP contribution >= 0.6 is 0 Å². The summed E-state index contributed by atoms with van der Waals surface area (Å²) in [6.45, 7) is 19.0. The highest BCUT2D eigenvalue weighted by atomic mass is 28.4. The second-order valence-electron chi connectivity index (χ2n) is 16.7. The van der Waals surface area contributed by atoms with Gasteiger partial charge < -0.3 is 56.1 Å². The van der Waals surface area contributed by atoms with E-state index in [9.17, 15) is 19.2 Å². The van der Waals surface area contributed by atoms with Crippen LogP contribution in [0.1, 0.15) is 131 Å². The summed E-state index contributed by atoms with van der Waals surface area (Å²) in [5.74, 6) is 0.302. The van der Waals surface area contributed by atoms with Gasteiger partial charge in [-0.3, -0.25) is 9.59 Å². The fourth-order valence-corrected chi connectivity index (χ4v) is 13.5. The largest absolute Gasteiger partial charge is 0.500 e. The second-order valence-corrected chi connectivity index (χ2v) is 22.2. The number of benzene rings is 4. The van der Waals surface area contributed by atoms with Gasteiger partial charge in [0.25, 0.3) is 0 Å². The number of carbonyl (C=O) groups is 4. The summed E-state index contributed by atoms with van der Waals surface area (Å²) in [4.78, 5) is 53.4. The van der Waals surface area contributed by atoms with E-state index in [1.807, 2.05) is 72.7 Å². The highest BCUT2D eigenvalue weighted by molar-refractivity contribution is 6.61. The van der Waals surface area contributed by atoms with Crippen molar-refractivity contribution in [2.24, 2.45) is 0 Å². The maximum atomic E-state index is 13.7. The summed E-state index contributed by atoms with van der Waals surface area (Å²) < 4.78 is 59.9. The molecule has 0 aliphatic heterocycles. The predicted molar refractivity (Wildman–Crippen MR) is 278 cm³/mol. The number of ether oxygens (including phenoxy) is 4. The van der Waals surface area contributed by atoms with E-state index >= 15 is 0 Å². The van der Waals surface area contributed by atoms with E-state index in [1.54, 1.807) is 36.4 Å². The average molecular weight is 1020 g/mol. The number of amides is 2. The van der Waals surface area contributed by atoms with Gasteiger partial charge in [-0.2, -0.15) is 0 Å². The molecule has 0 fully saturated rings. The van der Waals surface area contributed by atoms with Gasteiger partial charge >= 0.3 is 41.7 Å². The molecule has 0 saturated carbocycles. The fraction of sp³-hybridized carbons (Fsp3) is 0.547. The van der Waals surface area contributed by atoms with Gasteiger partial charge in [0.15, 0.2) is 0 Å². The van der Waals surface area contributed by atoms with E-state index in [0.29, 0.717) is 117 Å². The molecule has 0 heterocycles. The maximum absolute atomic E-state index is 13.7. The smallest absolute Gasteiger partial charge is 0.427 e. The molecular weight excluding hydrogens is 945 g/mol. The van der Waals surface area contributed by atoms with Gasteiger partial charge in [0.1, 0.15) is 23.0 Å². The van der Waals surface area contributed by atoms with Gasteiger partial charge in [0, 0.05) is 95.2 Å². The van der Waals surface area contributed by atoms with Crippen molar-refractivity contribution in [2.45, 2.75) is 138 Å². The quantitative estimate of drug-likeness (QED) is 0.0195. The lowest BCUT2D eigenvalue weighted by atomic mass is 9.93. The van der Waals surface area contributed by atoms with E-state index in [4.69, 9.17) is 45.5 Å². The van der Waals surface area contributed by atoms with Crippen molar-refractivity contribution in [3.05, 3.63) is 71.8 Å². The number of esters is 2. The summed E-state index contributed by atoms with van der Waals surface area (Å²) in [7, 11) is -5.81. The lowest BCUT2D eigenvalue weighted by Crippen LogP contribution is -2.46. The first kappa shape index (κ1) is 58.6. The van der Waals surface area contributed by atoms with Gasteiger partial charge in [0.05, 0.1) is 0 Å². The van der Waals surface area contributed by atoms with Crippen LogP contribution in [0.3, 0.4) is 0 Å². The molecule has 4 rings (SSSR count). The lowest BCUT2D eigenvalue weighted by Gasteiger charge is -2.28. The van der Waals surface area contributed by atoms with Crippen molar-refractivity contribution in [1.82, 2.24) is 10.6 Å². The number of fused-ring (bicyclic) bond motifs is 2. The average Bonchev–Trinajstić information content (AvgIpc) is 3.34. The van der Waals surface area contributed by atoms with Crippen molar-refractivity contribution in [3.63, 3.8) is 0 Å². The van der Waals surface area contributed by atoms with E-state index < -0.39 is 41.7 Å². The number of unbranched alkanes of at least 4 members (excludes halogenated alkanes) is 4. The van der Waals surface area contributed by atoms with Crippen LogP contribution < -0.4 is 29.6 Å². The zero-order valence-corrected chi connectivity index (χ0v) is 45.3. The third-order valence-corrected chi connectivity index (χ3v) is 17.7. The molecule has 2 amide bonds. The van der Waals surface area contributed by atoms with Crippen molar-refractivity contribution >= 4 is 63.3 Å². The van der Waals surface area contributed by atoms with Crippen LogP contribution in [0.4, 0.5) is 9.59 Å². The molecule has 0 aliphatic rings. The highest BCUT2D eigenvalue weighted by Gasteiger charge is 2.40. The summed E-state index contributed by atoms with van der Waals surface area (Å²) in [5, 5.41) is 8.49. The normalized spacial score (nSPS) is 11.7. The Morgan fingerprint density at radius 1 is 0.437 bits per heavy atom. The van der Waals surface area contributed by atoms with Gasteiger partial charge in [-0.05, 0) is 132 Å². The van der Waals surface area contributed by atoms with E-state index in [0.717, 1.165) is 36.5 Å². The third kappa shape index (κ3) is 18.9. The molecule has 2 N–H and O–H groups in total. The fourth-order valence-electron chi connectivity index (χ4n) is 8.17. The SMILES string of the molecule is CCCCCC(=O)Oc1ccc2ccc(OC(=O)CCCC[Si](OCC)(OCC)OCC)cc2c1Cc1c(OC(=O)NCCC[Si](OCC)(OCC)OCC)ccc2ccc(OC(=O)NCCCC)cc12. The van der Waals surface area contributed by atoms with Crippen molar-refractivity contribution < 1.29 is 64.7 Å². The van der Waals surface area contributed by atoms with Crippen LogP contribution in [0.15, 0.2) is 60.7 Å². The Labute approximate surface area is 422 Å². The standard InChI is InChI=1S/C53H78N2O14Si2/c1-9-17-19-23-51(57)68-48-31-27-40-25-29-42(66-50(56)24-20-21-35-70(60-11-3,61-12-4)62-13-5)37-44(40)46(48)39-47-45-38-43(67-52(58)54-33-18-10-2)30-26-41(45)28-32-49(47)69-53(59)55-34-22-36-71(63-14-6,64-15-7)65-16-8/h25-32,37-38H,9-24,33-36,39H2,1-8H3,(H,54,58)(H,55,59). The summed E-state index contributed by atoms with van der Waals surface area (Å²) >= 11 is 0. The number of hydrogen-bond acceptors (Lipinski definition) is 14. The van der Waals surface area contributed by atoms with Crippen molar-refractivity contribution in [1.29, 1.82) is 0 Å². The molecule has 0 radical (unpaired) electrons. The molecule has 4 aromatic carbocycles. The van der Waals surface area contributed by atoms with Crippen LogP contribution in [0.25, 0.3) is 21.5 Å². The summed E-state index contributed by atoms with van der Waals surface area (Å²) in [6.07, 6.45) is 5.05. The Hall–Kier alpha value is -4.93. The van der Waals surface area contributed by atoms with E-state index in [2.05, 4.69) is 17.6 Å². The molecule has 392 valence electrons. The van der Waals surface area contributed by atoms with E-state index in [1.165, 1.54) is 0 Å². The van der Waals surface area contributed by atoms with Crippen LogP contribution in [0, 0.1) is 0 Å². The van der Waals surface area contributed by atoms with Crippen LogP contribution in [0.5, 0.6) is 23.0 Å². The lowest BCUT2D eigenvalue weighted by molar-refractivity contribution is -0.135. The predicted octanol–water partition coefficient (Wildman–Crippen LogP) is 11.6. The Kier molecular flexibility index (Phi) is 26.0. The zero-order valence-electron chi connectivity index (χ0n) is 43.3. The van der Waals surface area contributed by atoms with Crippen LogP contribution in [0.2, 0.25) is 12.1 Å². The topological polar surface area (TPSA) is 185 Å². The Bertz CT molecular complexity index is 2260. The van der Waals surface area contributed by atoms with Gasteiger partial charge in [-0.15, -0.1) is 0 Å². The molecular formula is C53H78N2O14Si2. The second kappa shape index (κ2) is 31.5. The molecule has 0 saturated heterocycles. The number of hydrogen-bond donors (Lipinski definition) is 2. The first-order valence-electron chi connectivity index (χ1n) is 25.7. The highest BCUT2D eigenvalue weighted by Crippen LogP contribution is 2.39. The summed E-state index contributed by atoms with van der Waals surface area (Å²) in [5.41, 5.74) is 1.13. The minimum absolute atomic E-state index is 0.0781. The minimum atomic E-state index is -2.94. The molecule has 4 aromatic rings. The first-order chi connectivity index (χ1) is 34.4. The number of rotatable bonds is 34. The first-order valence-corrected chi connectivity index (χ1v) is 29.6. The molecule has 16 nitrogen and oxygen atoms in total. The van der Waals surface area contributed by atoms with Crippen LogP contribution in [-0.2, 0) is 42.6 Å². The molecule has 71 heavy (non-hydrogen) atoms. The molecule has 0 aromatic heterocycles. The van der Waals surface area contributed by atoms with E-state index in [-0.39, 0.29) is 37.3 Å². The molecule has 0 unspecified atom stereocenters. The molecule has 0 atom stereocenters. The molecule has 18 heteroatoms. The zero-order chi connectivity index (χ0) is 51.5. The molecule has 0 aliphatic carbocycles. The van der Waals surface area contributed by atoms with Crippen LogP contribution in [-0.4, -0.2) is 94.5 Å². The molecule has 0 spiro atoms. The minimum Gasteiger partial charge on any atom is -0.427 e. The van der Waals surface area contributed by atoms with Gasteiger partial charge in [-0.25, -0.2) is 9.59 Å². The van der Waals surface area contributed by atoms with Crippen molar-refractivity contribution in [2.75, 3.05) is 52.7 Å². The molecule has 0 bridgehead atoms. The maximum Gasteiger partial charge on any atom is 0.500 e. The monoisotopic (exact) mass is 1020 g/mol. The van der Waals surface area contributed by atoms with Gasteiger partial charge in [0.2, 0.25) is 0 Å². The Morgan fingerprint density at radius 3 is 1.34 bits per heavy atom. The Balaban J connectivity index is 1.74. The Morgan fingerprint density at radius 2 is 0.845 bits per heavy atom. The van der Waals surface area contributed by atoms with Crippen molar-refractivity contribution in [3.8, 4) is 23.0 Å². The number of carbonyl (C=O) groups excluding carboxylic acids is 4. The third-order valence-electron chi connectivity index (χ3n) is 11.4.